The summed E-state index contributed by atoms with van der Waals surface area (Å²) in [6.07, 6.45) is 2.68. The van der Waals surface area contributed by atoms with Crippen molar-refractivity contribution in [3.63, 3.8) is 0 Å². The second kappa shape index (κ2) is 6.23. The molecule has 0 bridgehead atoms. The highest BCUT2D eigenvalue weighted by Gasteiger charge is 2.17. The van der Waals surface area contributed by atoms with Gasteiger partial charge in [-0.05, 0) is 51.4 Å². The summed E-state index contributed by atoms with van der Waals surface area (Å²) in [4.78, 5) is 2.55. The minimum Gasteiger partial charge on any atom is -0.340 e. The van der Waals surface area contributed by atoms with E-state index < -0.39 is 0 Å². The summed E-state index contributed by atoms with van der Waals surface area (Å²) in [6, 6.07) is 4.82. The largest absolute Gasteiger partial charge is 0.340 e. The summed E-state index contributed by atoms with van der Waals surface area (Å²) in [5.41, 5.74) is 3.15. The molecule has 2 rings (SSSR count). The van der Waals surface area contributed by atoms with Gasteiger partial charge in [-0.1, -0.05) is 0 Å². The first-order valence-corrected chi connectivity index (χ1v) is 7.13. The fourth-order valence-corrected chi connectivity index (χ4v) is 2.78. The Labute approximate surface area is 116 Å². The van der Waals surface area contributed by atoms with Gasteiger partial charge in [0.05, 0.1) is 0 Å². The zero-order valence-electron chi connectivity index (χ0n) is 12.2. The number of hydrogen-bond donors (Lipinski definition) is 1. The van der Waals surface area contributed by atoms with Gasteiger partial charge in [0.25, 0.3) is 0 Å². The molecule has 1 saturated heterocycles. The van der Waals surface area contributed by atoms with Crippen molar-refractivity contribution in [3.8, 4) is 6.07 Å². The van der Waals surface area contributed by atoms with Crippen LogP contribution in [0.15, 0.2) is 6.07 Å². The van der Waals surface area contributed by atoms with Crippen LogP contribution in [0.5, 0.6) is 0 Å². The maximum Gasteiger partial charge on any atom is 0.120 e. The molecule has 1 aromatic rings. The zero-order chi connectivity index (χ0) is 13.8. The van der Waals surface area contributed by atoms with E-state index in [1.54, 1.807) is 0 Å². The van der Waals surface area contributed by atoms with Gasteiger partial charge in [0.15, 0.2) is 0 Å². The molecule has 1 aliphatic heterocycles. The van der Waals surface area contributed by atoms with Crippen molar-refractivity contribution in [2.45, 2.75) is 39.3 Å². The molecular weight excluding hydrogens is 236 g/mol. The highest BCUT2D eigenvalue weighted by atomic mass is 15.2. The molecule has 0 aliphatic carbocycles. The summed E-state index contributed by atoms with van der Waals surface area (Å²) in [5, 5.41) is 12.5. The number of nitrogens with one attached hydrogen (secondary N) is 1. The maximum absolute atomic E-state index is 9.02. The third-order valence-electron chi connectivity index (χ3n) is 4.27. The highest BCUT2D eigenvalue weighted by Crippen LogP contribution is 2.14. The molecule has 1 unspecified atom stereocenters. The number of nitriles is 1. The van der Waals surface area contributed by atoms with Gasteiger partial charge in [0.1, 0.15) is 11.8 Å². The van der Waals surface area contributed by atoms with Crippen molar-refractivity contribution in [2.75, 3.05) is 19.6 Å². The van der Waals surface area contributed by atoms with Gasteiger partial charge < -0.3 is 9.88 Å². The molecule has 1 fully saturated rings. The van der Waals surface area contributed by atoms with Gasteiger partial charge in [-0.25, -0.2) is 0 Å². The molecule has 0 aromatic carbocycles. The van der Waals surface area contributed by atoms with Gasteiger partial charge in [-0.3, -0.25) is 4.90 Å². The SMILES string of the molecule is Cc1c(CNCC(C)N2CCCC2)cc(C#N)n1C. The Hall–Kier alpha value is -1.31. The summed E-state index contributed by atoms with van der Waals surface area (Å²) < 4.78 is 1.96. The molecule has 0 amide bonds. The van der Waals surface area contributed by atoms with Crippen LogP contribution in [0.1, 0.15) is 36.7 Å². The Kier molecular flexibility index (Phi) is 4.62. The van der Waals surface area contributed by atoms with E-state index in [9.17, 15) is 0 Å². The molecule has 0 spiro atoms. The van der Waals surface area contributed by atoms with Crippen LogP contribution in [0.25, 0.3) is 0 Å². The molecule has 1 N–H and O–H groups in total. The maximum atomic E-state index is 9.02. The van der Waals surface area contributed by atoms with Crippen molar-refractivity contribution in [1.29, 1.82) is 5.26 Å². The Morgan fingerprint density at radius 3 is 2.68 bits per heavy atom. The molecule has 1 atom stereocenters. The summed E-state index contributed by atoms with van der Waals surface area (Å²) >= 11 is 0. The first kappa shape index (κ1) is 14.1. The quantitative estimate of drug-likeness (QED) is 0.877. The first-order valence-electron chi connectivity index (χ1n) is 7.13. The van der Waals surface area contributed by atoms with E-state index in [0.29, 0.717) is 6.04 Å². The van der Waals surface area contributed by atoms with E-state index in [1.807, 2.05) is 17.7 Å². The smallest absolute Gasteiger partial charge is 0.120 e. The van der Waals surface area contributed by atoms with Crippen LogP contribution >= 0.6 is 0 Å². The van der Waals surface area contributed by atoms with Crippen LogP contribution in [0.3, 0.4) is 0 Å². The van der Waals surface area contributed by atoms with Gasteiger partial charge in [0, 0.05) is 31.9 Å². The van der Waals surface area contributed by atoms with Gasteiger partial charge in [-0.15, -0.1) is 0 Å². The Morgan fingerprint density at radius 1 is 1.42 bits per heavy atom. The number of rotatable bonds is 5. The van der Waals surface area contributed by atoms with Crippen LogP contribution in [-0.2, 0) is 13.6 Å². The van der Waals surface area contributed by atoms with E-state index in [-0.39, 0.29) is 0 Å². The lowest BCUT2D eigenvalue weighted by molar-refractivity contribution is 0.251. The molecule has 1 aromatic heterocycles. The molecule has 19 heavy (non-hydrogen) atoms. The van der Waals surface area contributed by atoms with Crippen molar-refractivity contribution < 1.29 is 0 Å². The lowest BCUT2D eigenvalue weighted by atomic mass is 10.2. The molecule has 2 heterocycles. The average Bonchev–Trinajstić information content (AvgIpc) is 3.02. The Balaban J connectivity index is 1.84. The van der Waals surface area contributed by atoms with E-state index in [2.05, 4.69) is 30.1 Å². The number of likely N-dealkylation sites (tertiary alicyclic amines) is 1. The summed E-state index contributed by atoms with van der Waals surface area (Å²) in [7, 11) is 1.95. The Morgan fingerprint density at radius 2 is 2.11 bits per heavy atom. The third-order valence-corrected chi connectivity index (χ3v) is 4.27. The van der Waals surface area contributed by atoms with E-state index in [1.165, 1.54) is 37.2 Å². The van der Waals surface area contributed by atoms with Gasteiger partial charge >= 0.3 is 0 Å². The molecule has 1 aliphatic rings. The molecule has 0 saturated carbocycles. The normalized spacial score (nSPS) is 17.6. The molecular formula is C15H24N4. The average molecular weight is 260 g/mol. The predicted molar refractivity (Wildman–Crippen MR) is 76.8 cm³/mol. The molecule has 0 radical (unpaired) electrons. The monoisotopic (exact) mass is 260 g/mol. The second-order valence-electron chi connectivity index (χ2n) is 5.53. The topological polar surface area (TPSA) is 44.0 Å². The highest BCUT2D eigenvalue weighted by molar-refractivity contribution is 5.34. The van der Waals surface area contributed by atoms with Gasteiger partial charge in [0.2, 0.25) is 0 Å². The predicted octanol–water partition coefficient (Wildman–Crippen LogP) is 1.78. The summed E-state index contributed by atoms with van der Waals surface area (Å²) in [6.45, 7) is 8.70. The van der Waals surface area contributed by atoms with Crippen molar-refractivity contribution >= 4 is 0 Å². The fraction of sp³-hybridized carbons (Fsp3) is 0.667. The minimum absolute atomic E-state index is 0.599. The van der Waals surface area contributed by atoms with Crippen molar-refractivity contribution in [2.24, 2.45) is 7.05 Å². The van der Waals surface area contributed by atoms with Crippen molar-refractivity contribution in [1.82, 2.24) is 14.8 Å². The fourth-order valence-electron chi connectivity index (χ4n) is 2.78. The van der Waals surface area contributed by atoms with Crippen LogP contribution in [0.4, 0.5) is 0 Å². The van der Waals surface area contributed by atoms with E-state index >= 15 is 0 Å². The molecule has 4 heteroatoms. The minimum atomic E-state index is 0.599. The number of nitrogens with zero attached hydrogens (tertiary/aromatic N) is 3. The second-order valence-corrected chi connectivity index (χ2v) is 5.53. The van der Waals surface area contributed by atoms with Crippen molar-refractivity contribution in [3.05, 3.63) is 23.0 Å². The Bertz CT molecular complexity index is 463. The standard InChI is InChI=1S/C15H24N4/c1-12(19-6-4-5-7-19)10-17-11-14-8-15(9-16)18(3)13(14)2/h8,12,17H,4-7,10-11H2,1-3H3. The third kappa shape index (κ3) is 3.17. The first-order chi connectivity index (χ1) is 9.13. The lowest BCUT2D eigenvalue weighted by Gasteiger charge is -2.23. The van der Waals surface area contributed by atoms with Crippen LogP contribution < -0.4 is 5.32 Å². The van der Waals surface area contributed by atoms with E-state index in [0.717, 1.165) is 18.8 Å². The van der Waals surface area contributed by atoms with E-state index in [4.69, 9.17) is 5.26 Å². The summed E-state index contributed by atoms with van der Waals surface area (Å²) in [5.74, 6) is 0. The molecule has 4 nitrogen and oxygen atoms in total. The van der Waals surface area contributed by atoms with Crippen LogP contribution in [0, 0.1) is 18.3 Å². The van der Waals surface area contributed by atoms with Crippen LogP contribution in [-0.4, -0.2) is 35.1 Å². The number of aromatic nitrogens is 1. The van der Waals surface area contributed by atoms with Gasteiger partial charge in [-0.2, -0.15) is 5.26 Å². The molecule has 104 valence electrons. The van der Waals surface area contributed by atoms with Crippen LogP contribution in [0.2, 0.25) is 0 Å². The number of hydrogen-bond acceptors (Lipinski definition) is 3. The zero-order valence-corrected chi connectivity index (χ0v) is 12.2. The lowest BCUT2D eigenvalue weighted by Crippen LogP contribution is -2.38.